The fourth-order valence-corrected chi connectivity index (χ4v) is 3.77. The number of hydrogen-bond donors (Lipinski definition) is 0. The van der Waals surface area contributed by atoms with E-state index in [1.165, 1.54) is 0 Å². The second-order valence-corrected chi connectivity index (χ2v) is 6.64. The third kappa shape index (κ3) is 2.90. The number of nitrogens with zero attached hydrogens (tertiary/aromatic N) is 5. The SMILES string of the molecule is CC(C)c1nc2c(nc3c4[c-]cccc4n4ccnc4n23)s1.[CH3-].[Ir].[Y]. The van der Waals surface area contributed by atoms with Gasteiger partial charge in [-0.05, 0) is 5.52 Å². The molecule has 0 unspecified atom stereocenters. The van der Waals surface area contributed by atoms with E-state index in [0.717, 1.165) is 37.8 Å². The molecule has 0 aliphatic rings. The fourth-order valence-electron chi connectivity index (χ4n) is 2.85. The number of imidazole rings is 2. The van der Waals surface area contributed by atoms with E-state index in [2.05, 4.69) is 35.4 Å². The maximum atomic E-state index is 4.81. The minimum atomic E-state index is 0. The van der Waals surface area contributed by atoms with E-state index in [4.69, 9.17) is 9.97 Å². The first-order valence-corrected chi connectivity index (χ1v) is 8.00. The van der Waals surface area contributed by atoms with Crippen molar-refractivity contribution in [3.63, 3.8) is 0 Å². The van der Waals surface area contributed by atoms with Gasteiger partial charge in [0.1, 0.15) is 0 Å². The van der Waals surface area contributed by atoms with Gasteiger partial charge in [-0.15, -0.1) is 24.3 Å². The summed E-state index contributed by atoms with van der Waals surface area (Å²) in [5.41, 5.74) is 2.82. The van der Waals surface area contributed by atoms with E-state index < -0.39 is 0 Å². The second-order valence-electron chi connectivity index (χ2n) is 5.63. The van der Waals surface area contributed by atoms with Crippen LogP contribution in [0.3, 0.4) is 0 Å². The van der Waals surface area contributed by atoms with E-state index >= 15 is 0 Å². The maximum Gasteiger partial charge on any atom is 0.204 e. The molecule has 8 heteroatoms. The molecule has 0 saturated carbocycles. The van der Waals surface area contributed by atoms with Gasteiger partial charge in [0.2, 0.25) is 5.78 Å². The summed E-state index contributed by atoms with van der Waals surface area (Å²) < 4.78 is 4.10. The number of rotatable bonds is 1. The Hall–Kier alpha value is -0.717. The zero-order valence-corrected chi connectivity index (χ0v) is 20.1. The van der Waals surface area contributed by atoms with E-state index in [1.54, 1.807) is 11.3 Å². The van der Waals surface area contributed by atoms with Gasteiger partial charge in [0.15, 0.2) is 10.5 Å². The topological polar surface area (TPSA) is 47.5 Å². The van der Waals surface area contributed by atoms with E-state index in [1.807, 2.05) is 28.9 Å². The van der Waals surface area contributed by atoms with Crippen molar-refractivity contribution in [1.82, 2.24) is 23.8 Å². The van der Waals surface area contributed by atoms with Crippen molar-refractivity contribution in [1.29, 1.82) is 0 Å². The molecule has 1 aromatic carbocycles. The van der Waals surface area contributed by atoms with Crippen molar-refractivity contribution >= 4 is 44.1 Å². The molecule has 5 aromatic rings. The summed E-state index contributed by atoms with van der Waals surface area (Å²) in [6.45, 7) is 4.30. The standard InChI is InChI=1S/C16H12N5S.CH3.Ir.Y/c1-9(2)14-19-13-15(22-14)18-12-10-5-3-4-6-11(10)20-8-7-17-16(20)21(12)13;;;/h3-4,6-9H,1-2H3;1H3;;/q2*-1;;. The molecule has 25 heavy (non-hydrogen) atoms. The van der Waals surface area contributed by atoms with Gasteiger partial charge in [0.25, 0.3) is 0 Å². The van der Waals surface area contributed by atoms with Crippen LogP contribution >= 0.6 is 11.3 Å². The molecule has 0 spiro atoms. The Morgan fingerprint density at radius 1 is 1.20 bits per heavy atom. The maximum absolute atomic E-state index is 4.81. The van der Waals surface area contributed by atoms with Crippen molar-refractivity contribution in [2.75, 3.05) is 0 Å². The van der Waals surface area contributed by atoms with Gasteiger partial charge in [-0.25, -0.2) is 9.97 Å². The zero-order chi connectivity index (χ0) is 14.8. The molecule has 4 aromatic heterocycles. The van der Waals surface area contributed by atoms with Crippen molar-refractivity contribution in [3.8, 4) is 0 Å². The molecule has 0 atom stereocenters. The summed E-state index contributed by atoms with van der Waals surface area (Å²) in [5, 5.41) is 2.10. The monoisotopic (exact) mass is 603 g/mol. The molecule has 128 valence electrons. The molecule has 0 amide bonds. The third-order valence-electron chi connectivity index (χ3n) is 3.87. The summed E-state index contributed by atoms with van der Waals surface area (Å²) in [6.07, 6.45) is 3.77. The summed E-state index contributed by atoms with van der Waals surface area (Å²) in [7, 11) is 0. The minimum Gasteiger partial charge on any atom is -0.358 e. The van der Waals surface area contributed by atoms with Gasteiger partial charge in [0, 0.05) is 71.1 Å². The molecule has 0 aliphatic heterocycles. The number of fused-ring (bicyclic) bond motifs is 8. The Bertz CT molecular complexity index is 1170. The van der Waals surface area contributed by atoms with Crippen LogP contribution in [0.1, 0.15) is 24.8 Å². The van der Waals surface area contributed by atoms with E-state index in [9.17, 15) is 0 Å². The normalized spacial score (nSPS) is 11.0. The zero-order valence-electron chi connectivity index (χ0n) is 14.0. The van der Waals surface area contributed by atoms with Gasteiger partial charge in [-0.1, -0.05) is 30.6 Å². The number of thiazole rings is 1. The van der Waals surface area contributed by atoms with Gasteiger partial charge >= 0.3 is 0 Å². The smallest absolute Gasteiger partial charge is 0.204 e. The van der Waals surface area contributed by atoms with Crippen molar-refractivity contribution in [3.05, 3.63) is 49.1 Å². The molecular formula is C17H15IrN5SY-2. The van der Waals surface area contributed by atoms with Crippen LogP contribution in [0.4, 0.5) is 0 Å². The van der Waals surface area contributed by atoms with Crippen LogP contribution in [0.15, 0.2) is 30.6 Å². The Labute approximate surface area is 188 Å². The largest absolute Gasteiger partial charge is 0.358 e. The average molecular weight is 603 g/mol. The molecule has 5 rings (SSSR count). The van der Waals surface area contributed by atoms with Crippen molar-refractivity contribution in [2.24, 2.45) is 0 Å². The predicted molar refractivity (Wildman–Crippen MR) is 94.0 cm³/mol. The third-order valence-corrected chi connectivity index (χ3v) is 5.11. The van der Waals surface area contributed by atoms with Crippen LogP contribution in [-0.2, 0) is 52.8 Å². The van der Waals surface area contributed by atoms with Crippen LogP contribution < -0.4 is 0 Å². The number of hydrogen-bond acceptors (Lipinski definition) is 4. The molecule has 2 radical (unpaired) electrons. The quantitative estimate of drug-likeness (QED) is 0.272. The number of benzene rings is 1. The molecule has 0 bridgehead atoms. The molecule has 5 nitrogen and oxygen atoms in total. The van der Waals surface area contributed by atoms with Crippen LogP contribution in [0.25, 0.3) is 32.8 Å². The first-order chi connectivity index (χ1) is 10.7. The summed E-state index contributed by atoms with van der Waals surface area (Å²) >= 11 is 1.66. The van der Waals surface area contributed by atoms with Gasteiger partial charge < -0.3 is 11.8 Å². The fraction of sp³-hybridized carbons (Fsp3) is 0.176. The summed E-state index contributed by atoms with van der Waals surface area (Å²) in [6, 6.07) is 9.28. The first kappa shape index (κ1) is 20.6. The molecule has 0 saturated heterocycles. The Balaban J connectivity index is 0.000000751. The second kappa shape index (κ2) is 7.49. The van der Waals surface area contributed by atoms with Crippen molar-refractivity contribution in [2.45, 2.75) is 19.8 Å². The first-order valence-electron chi connectivity index (χ1n) is 7.18. The average Bonchev–Trinajstić information content (AvgIpc) is 3.20. The summed E-state index contributed by atoms with van der Waals surface area (Å²) in [5.74, 6) is 1.24. The van der Waals surface area contributed by atoms with Crippen LogP contribution in [0.5, 0.6) is 0 Å². The van der Waals surface area contributed by atoms with Gasteiger partial charge in [-0.2, -0.15) is 0 Å². The van der Waals surface area contributed by atoms with Gasteiger partial charge in [0.05, 0.1) is 10.7 Å². The molecule has 0 fully saturated rings. The number of aromatic nitrogens is 5. The van der Waals surface area contributed by atoms with E-state index in [0.29, 0.717) is 5.92 Å². The molecular weight excluding hydrogens is 587 g/mol. The van der Waals surface area contributed by atoms with Crippen molar-refractivity contribution < 1.29 is 52.8 Å². The van der Waals surface area contributed by atoms with Crippen LogP contribution in [0, 0.1) is 13.5 Å². The Morgan fingerprint density at radius 3 is 2.76 bits per heavy atom. The van der Waals surface area contributed by atoms with E-state index in [-0.39, 0.29) is 60.2 Å². The summed E-state index contributed by atoms with van der Waals surface area (Å²) in [4.78, 5) is 15.1. The molecule has 0 aliphatic carbocycles. The molecule has 0 N–H and O–H groups in total. The predicted octanol–water partition coefficient (Wildman–Crippen LogP) is 4.11. The van der Waals surface area contributed by atoms with Crippen LogP contribution in [-0.4, -0.2) is 23.8 Å². The van der Waals surface area contributed by atoms with Gasteiger partial charge in [-0.3, -0.25) is 9.38 Å². The Kier molecular flexibility index (Phi) is 6.17. The minimum absolute atomic E-state index is 0. The Morgan fingerprint density at radius 2 is 2.00 bits per heavy atom. The van der Waals surface area contributed by atoms with Crippen LogP contribution in [0.2, 0.25) is 0 Å². The molecule has 4 heterocycles.